The van der Waals surface area contributed by atoms with Crippen LogP contribution in [0.15, 0.2) is 35.7 Å². The summed E-state index contributed by atoms with van der Waals surface area (Å²) in [7, 11) is 0. The fourth-order valence-electron chi connectivity index (χ4n) is 1.82. The number of carbonyl (C=O) groups is 1. The van der Waals surface area contributed by atoms with Gasteiger partial charge in [0.05, 0.1) is 4.88 Å². The Morgan fingerprint density at radius 3 is 2.84 bits per heavy atom. The summed E-state index contributed by atoms with van der Waals surface area (Å²) < 4.78 is 0. The molecule has 0 radical (unpaired) electrons. The number of benzene rings is 1. The first kappa shape index (κ1) is 13.8. The van der Waals surface area contributed by atoms with Gasteiger partial charge in [-0.05, 0) is 48.2 Å². The first-order chi connectivity index (χ1) is 9.20. The molecular weight excluding hydrogens is 256 g/mol. The Morgan fingerprint density at radius 1 is 1.32 bits per heavy atom. The van der Waals surface area contributed by atoms with E-state index in [0.717, 1.165) is 29.2 Å². The Hall–Kier alpha value is -1.65. The third-order valence-corrected chi connectivity index (χ3v) is 3.85. The number of anilines is 1. The van der Waals surface area contributed by atoms with E-state index >= 15 is 0 Å². The average molecular weight is 274 g/mol. The second kappa shape index (κ2) is 6.50. The molecule has 0 atom stereocenters. The number of thiophene rings is 1. The van der Waals surface area contributed by atoms with Gasteiger partial charge in [0.25, 0.3) is 5.91 Å². The Labute approximate surface area is 117 Å². The molecule has 1 aromatic carbocycles. The Kier molecular flexibility index (Phi) is 4.71. The lowest BCUT2D eigenvalue weighted by Crippen LogP contribution is -2.13. The quantitative estimate of drug-likeness (QED) is 0.877. The van der Waals surface area contributed by atoms with Crippen LogP contribution in [0.2, 0.25) is 0 Å². The van der Waals surface area contributed by atoms with Gasteiger partial charge >= 0.3 is 0 Å². The van der Waals surface area contributed by atoms with Gasteiger partial charge in [-0.3, -0.25) is 4.79 Å². The molecule has 1 aromatic heterocycles. The first-order valence-corrected chi connectivity index (χ1v) is 7.23. The summed E-state index contributed by atoms with van der Waals surface area (Å²) in [4.78, 5) is 12.9. The van der Waals surface area contributed by atoms with Crippen molar-refractivity contribution in [3.63, 3.8) is 0 Å². The van der Waals surface area contributed by atoms with Crippen LogP contribution in [-0.4, -0.2) is 12.5 Å². The Morgan fingerprint density at radius 2 is 2.16 bits per heavy atom. The maximum absolute atomic E-state index is 12.1. The molecule has 0 aliphatic heterocycles. The zero-order valence-corrected chi connectivity index (χ0v) is 12.0. The van der Waals surface area contributed by atoms with Crippen LogP contribution in [0.4, 0.5) is 5.69 Å². The maximum atomic E-state index is 12.1. The number of aryl methyl sites for hydroxylation is 1. The van der Waals surface area contributed by atoms with E-state index in [1.165, 1.54) is 16.9 Å². The van der Waals surface area contributed by atoms with Gasteiger partial charge in [0, 0.05) is 12.2 Å². The summed E-state index contributed by atoms with van der Waals surface area (Å²) in [5.41, 5.74) is 3.03. The molecule has 2 aromatic rings. The first-order valence-electron chi connectivity index (χ1n) is 6.36. The molecule has 0 aliphatic carbocycles. The van der Waals surface area contributed by atoms with E-state index in [1.54, 1.807) is 0 Å². The minimum absolute atomic E-state index is 0.0342. The third-order valence-electron chi connectivity index (χ3n) is 2.83. The summed E-state index contributed by atoms with van der Waals surface area (Å²) in [5, 5.41) is 8.15. The van der Waals surface area contributed by atoms with Gasteiger partial charge in [-0.15, -0.1) is 11.3 Å². The molecule has 100 valence electrons. The van der Waals surface area contributed by atoms with Gasteiger partial charge in [0.1, 0.15) is 0 Å². The van der Waals surface area contributed by atoms with Crippen molar-refractivity contribution in [2.45, 2.75) is 20.4 Å². The standard InChI is InChI=1S/C15H18N2OS/c1-3-16-10-12-5-4-6-13(9-12)17-15(18)14-11(2)7-8-19-14/h4-9,16H,3,10H2,1-2H3,(H,17,18). The van der Waals surface area contributed by atoms with Gasteiger partial charge in [0.15, 0.2) is 0 Å². The molecule has 3 nitrogen and oxygen atoms in total. The maximum Gasteiger partial charge on any atom is 0.265 e. The van der Waals surface area contributed by atoms with E-state index in [4.69, 9.17) is 0 Å². The van der Waals surface area contributed by atoms with Crippen molar-refractivity contribution in [3.05, 3.63) is 51.7 Å². The second-order valence-corrected chi connectivity index (χ2v) is 5.28. The van der Waals surface area contributed by atoms with Crippen molar-refractivity contribution in [2.24, 2.45) is 0 Å². The van der Waals surface area contributed by atoms with Crippen LogP contribution in [0, 0.1) is 6.92 Å². The fourth-order valence-corrected chi connectivity index (χ4v) is 2.64. The van der Waals surface area contributed by atoms with Crippen LogP contribution >= 0.6 is 11.3 Å². The van der Waals surface area contributed by atoms with E-state index in [0.29, 0.717) is 0 Å². The van der Waals surface area contributed by atoms with Crippen molar-refractivity contribution in [1.29, 1.82) is 0 Å². The molecule has 0 saturated heterocycles. The van der Waals surface area contributed by atoms with Crippen LogP contribution in [0.3, 0.4) is 0 Å². The topological polar surface area (TPSA) is 41.1 Å². The number of amides is 1. The lowest BCUT2D eigenvalue weighted by Gasteiger charge is -2.07. The van der Waals surface area contributed by atoms with Gasteiger partial charge in [-0.25, -0.2) is 0 Å². The van der Waals surface area contributed by atoms with Crippen LogP contribution in [0.25, 0.3) is 0 Å². The molecule has 4 heteroatoms. The molecule has 0 saturated carbocycles. The third kappa shape index (κ3) is 3.66. The molecule has 1 amide bonds. The monoisotopic (exact) mass is 274 g/mol. The molecule has 2 rings (SSSR count). The van der Waals surface area contributed by atoms with Crippen molar-refractivity contribution in [3.8, 4) is 0 Å². The van der Waals surface area contributed by atoms with E-state index in [-0.39, 0.29) is 5.91 Å². The average Bonchev–Trinajstić information content (AvgIpc) is 2.83. The van der Waals surface area contributed by atoms with Gasteiger partial charge < -0.3 is 10.6 Å². The summed E-state index contributed by atoms with van der Waals surface area (Å²) >= 11 is 1.47. The van der Waals surface area contributed by atoms with Crippen LogP contribution in [0.1, 0.15) is 27.7 Å². The molecule has 0 fully saturated rings. The van der Waals surface area contributed by atoms with E-state index < -0.39 is 0 Å². The number of hydrogen-bond donors (Lipinski definition) is 2. The van der Waals surface area contributed by atoms with E-state index in [1.807, 2.05) is 36.6 Å². The molecular formula is C15H18N2OS. The molecule has 0 spiro atoms. The van der Waals surface area contributed by atoms with Gasteiger partial charge in [-0.1, -0.05) is 19.1 Å². The van der Waals surface area contributed by atoms with Crippen LogP contribution < -0.4 is 10.6 Å². The summed E-state index contributed by atoms with van der Waals surface area (Å²) in [6.45, 7) is 5.78. The fraction of sp³-hybridized carbons (Fsp3) is 0.267. The summed E-state index contributed by atoms with van der Waals surface area (Å²) in [6, 6.07) is 9.89. The van der Waals surface area contributed by atoms with E-state index in [9.17, 15) is 4.79 Å². The van der Waals surface area contributed by atoms with Gasteiger partial charge in [-0.2, -0.15) is 0 Å². The molecule has 19 heavy (non-hydrogen) atoms. The minimum Gasteiger partial charge on any atom is -0.321 e. The summed E-state index contributed by atoms with van der Waals surface area (Å²) in [5.74, 6) is -0.0342. The largest absolute Gasteiger partial charge is 0.321 e. The smallest absolute Gasteiger partial charge is 0.265 e. The Bertz CT molecular complexity index is 563. The predicted molar refractivity (Wildman–Crippen MR) is 80.8 cm³/mol. The number of rotatable bonds is 5. The molecule has 1 heterocycles. The minimum atomic E-state index is -0.0342. The highest BCUT2D eigenvalue weighted by atomic mass is 32.1. The molecule has 0 bridgehead atoms. The zero-order chi connectivity index (χ0) is 13.7. The second-order valence-electron chi connectivity index (χ2n) is 4.37. The van der Waals surface area contributed by atoms with Crippen molar-refractivity contribution in [1.82, 2.24) is 5.32 Å². The van der Waals surface area contributed by atoms with Crippen LogP contribution in [0.5, 0.6) is 0 Å². The Balaban J connectivity index is 2.07. The lowest BCUT2D eigenvalue weighted by molar-refractivity contribution is 0.103. The SMILES string of the molecule is CCNCc1cccc(NC(=O)c2sccc2C)c1. The predicted octanol–water partition coefficient (Wildman–Crippen LogP) is 3.42. The number of hydrogen-bond acceptors (Lipinski definition) is 3. The van der Waals surface area contributed by atoms with Crippen LogP contribution in [-0.2, 0) is 6.54 Å². The van der Waals surface area contributed by atoms with E-state index in [2.05, 4.69) is 23.6 Å². The normalized spacial score (nSPS) is 10.4. The number of carbonyl (C=O) groups excluding carboxylic acids is 1. The number of nitrogens with one attached hydrogen (secondary N) is 2. The highest BCUT2D eigenvalue weighted by Gasteiger charge is 2.10. The summed E-state index contributed by atoms with van der Waals surface area (Å²) in [6.07, 6.45) is 0. The highest BCUT2D eigenvalue weighted by molar-refractivity contribution is 7.12. The molecule has 0 aliphatic rings. The molecule has 0 unspecified atom stereocenters. The van der Waals surface area contributed by atoms with Crippen molar-refractivity contribution in [2.75, 3.05) is 11.9 Å². The highest BCUT2D eigenvalue weighted by Crippen LogP contribution is 2.18. The lowest BCUT2D eigenvalue weighted by atomic mass is 10.2. The van der Waals surface area contributed by atoms with Gasteiger partial charge in [0.2, 0.25) is 0 Å². The zero-order valence-electron chi connectivity index (χ0n) is 11.2. The molecule has 2 N–H and O–H groups in total. The van der Waals surface area contributed by atoms with Crippen molar-refractivity contribution < 1.29 is 4.79 Å². The van der Waals surface area contributed by atoms with Crippen molar-refractivity contribution >= 4 is 22.9 Å².